The third-order valence-corrected chi connectivity index (χ3v) is 4.36. The average Bonchev–Trinajstić information content (AvgIpc) is 3.14. The van der Waals surface area contributed by atoms with Gasteiger partial charge in [-0.25, -0.2) is 0 Å². The van der Waals surface area contributed by atoms with Crippen LogP contribution in [-0.4, -0.2) is 39.0 Å². The second kappa shape index (κ2) is 8.29. The Labute approximate surface area is 149 Å². The Bertz CT molecular complexity index is 838. The van der Waals surface area contributed by atoms with Crippen molar-refractivity contribution in [1.82, 2.24) is 25.5 Å². The summed E-state index contributed by atoms with van der Waals surface area (Å²) >= 11 is 1.29. The zero-order chi connectivity index (χ0) is 17.5. The molecule has 0 atom stereocenters. The van der Waals surface area contributed by atoms with E-state index in [9.17, 15) is 4.79 Å². The van der Waals surface area contributed by atoms with Gasteiger partial charge in [-0.05, 0) is 28.6 Å². The van der Waals surface area contributed by atoms with Gasteiger partial charge in [-0.2, -0.15) is 4.68 Å². The largest absolute Gasteiger partial charge is 0.496 e. The van der Waals surface area contributed by atoms with Gasteiger partial charge in [-0.15, -0.1) is 5.10 Å². The quantitative estimate of drug-likeness (QED) is 0.654. The lowest BCUT2D eigenvalue weighted by Gasteiger charge is -2.09. The molecule has 2 aromatic carbocycles. The van der Waals surface area contributed by atoms with Gasteiger partial charge in [0.2, 0.25) is 11.1 Å². The molecule has 0 saturated carbocycles. The number of nitrogens with one attached hydrogen (secondary N) is 1. The van der Waals surface area contributed by atoms with E-state index in [-0.39, 0.29) is 11.7 Å². The number of amides is 1. The summed E-state index contributed by atoms with van der Waals surface area (Å²) in [6, 6.07) is 17.1. The van der Waals surface area contributed by atoms with Gasteiger partial charge >= 0.3 is 0 Å². The minimum absolute atomic E-state index is 0.0986. The van der Waals surface area contributed by atoms with E-state index in [2.05, 4.69) is 20.8 Å². The van der Waals surface area contributed by atoms with Crippen molar-refractivity contribution < 1.29 is 9.53 Å². The predicted molar refractivity (Wildman–Crippen MR) is 94.7 cm³/mol. The molecule has 3 aromatic rings. The van der Waals surface area contributed by atoms with Crippen LogP contribution < -0.4 is 10.1 Å². The fourth-order valence-corrected chi connectivity index (χ4v) is 2.94. The second-order valence-electron chi connectivity index (χ2n) is 5.09. The van der Waals surface area contributed by atoms with Crippen molar-refractivity contribution in [1.29, 1.82) is 0 Å². The maximum absolute atomic E-state index is 12.1. The highest BCUT2D eigenvalue weighted by molar-refractivity contribution is 7.99. The first-order valence-electron chi connectivity index (χ1n) is 7.63. The van der Waals surface area contributed by atoms with Crippen LogP contribution in [0.4, 0.5) is 0 Å². The van der Waals surface area contributed by atoms with Crippen molar-refractivity contribution in [2.45, 2.75) is 11.7 Å². The van der Waals surface area contributed by atoms with E-state index < -0.39 is 0 Å². The number of para-hydroxylation sites is 2. The summed E-state index contributed by atoms with van der Waals surface area (Å²) in [5, 5.41) is 15.1. The first-order valence-corrected chi connectivity index (χ1v) is 8.61. The summed E-state index contributed by atoms with van der Waals surface area (Å²) in [4.78, 5) is 12.1. The van der Waals surface area contributed by atoms with Gasteiger partial charge in [-0.1, -0.05) is 48.2 Å². The first kappa shape index (κ1) is 17.0. The molecule has 128 valence electrons. The molecule has 1 aromatic heterocycles. The van der Waals surface area contributed by atoms with Crippen LogP contribution in [0.25, 0.3) is 5.69 Å². The number of aromatic nitrogens is 4. The summed E-state index contributed by atoms with van der Waals surface area (Å²) in [5.41, 5.74) is 1.78. The number of rotatable bonds is 7. The minimum atomic E-state index is -0.0986. The number of benzene rings is 2. The highest BCUT2D eigenvalue weighted by atomic mass is 32.2. The Morgan fingerprint density at radius 3 is 2.72 bits per heavy atom. The van der Waals surface area contributed by atoms with Gasteiger partial charge < -0.3 is 10.1 Å². The molecule has 7 nitrogen and oxygen atoms in total. The molecule has 0 aliphatic heterocycles. The molecule has 0 bridgehead atoms. The maximum Gasteiger partial charge on any atom is 0.230 e. The summed E-state index contributed by atoms with van der Waals surface area (Å²) in [6.45, 7) is 0.410. The van der Waals surface area contributed by atoms with E-state index in [1.54, 1.807) is 11.8 Å². The van der Waals surface area contributed by atoms with Crippen molar-refractivity contribution in [3.05, 3.63) is 60.2 Å². The molecule has 0 aliphatic carbocycles. The molecule has 0 unspecified atom stereocenters. The molecule has 0 spiro atoms. The van der Waals surface area contributed by atoms with E-state index in [1.165, 1.54) is 11.8 Å². The lowest BCUT2D eigenvalue weighted by atomic mass is 10.2. The van der Waals surface area contributed by atoms with Crippen LogP contribution in [0.1, 0.15) is 5.56 Å². The van der Waals surface area contributed by atoms with Gasteiger partial charge in [0.25, 0.3) is 0 Å². The van der Waals surface area contributed by atoms with Gasteiger partial charge in [-0.3, -0.25) is 4.79 Å². The molecule has 1 heterocycles. The Kier molecular flexibility index (Phi) is 5.63. The summed E-state index contributed by atoms with van der Waals surface area (Å²) in [5.74, 6) is 0.879. The number of tetrazole rings is 1. The second-order valence-corrected chi connectivity index (χ2v) is 6.03. The zero-order valence-electron chi connectivity index (χ0n) is 13.6. The molecule has 3 rings (SSSR count). The number of hydrogen-bond donors (Lipinski definition) is 1. The number of carbonyl (C=O) groups excluding carboxylic acids is 1. The summed E-state index contributed by atoms with van der Waals surface area (Å²) in [6.07, 6.45) is 0. The molecular formula is C17H17N5O2S. The number of carbonyl (C=O) groups is 1. The highest BCUT2D eigenvalue weighted by Crippen LogP contribution is 2.19. The van der Waals surface area contributed by atoms with Crippen molar-refractivity contribution in [3.8, 4) is 11.4 Å². The number of hydrogen-bond acceptors (Lipinski definition) is 6. The molecule has 0 fully saturated rings. The Morgan fingerprint density at radius 2 is 1.92 bits per heavy atom. The highest BCUT2D eigenvalue weighted by Gasteiger charge is 2.11. The normalized spacial score (nSPS) is 10.4. The monoisotopic (exact) mass is 355 g/mol. The van der Waals surface area contributed by atoms with E-state index in [1.807, 2.05) is 54.6 Å². The Balaban J connectivity index is 1.56. The zero-order valence-corrected chi connectivity index (χ0v) is 14.4. The molecular weight excluding hydrogens is 338 g/mol. The van der Waals surface area contributed by atoms with Gasteiger partial charge in [0, 0.05) is 12.1 Å². The van der Waals surface area contributed by atoms with Gasteiger partial charge in [0.05, 0.1) is 18.6 Å². The van der Waals surface area contributed by atoms with Crippen molar-refractivity contribution in [3.63, 3.8) is 0 Å². The Hall–Kier alpha value is -2.87. The SMILES string of the molecule is COc1ccccc1CNC(=O)CSc1nnnn1-c1ccccc1. The van der Waals surface area contributed by atoms with Crippen LogP contribution in [0.2, 0.25) is 0 Å². The standard InChI is InChI=1S/C17H17N5O2S/c1-24-15-10-6-5-7-13(15)11-18-16(23)12-25-17-19-20-21-22(17)14-8-3-2-4-9-14/h2-10H,11-12H2,1H3,(H,18,23). The lowest BCUT2D eigenvalue weighted by molar-refractivity contribution is -0.118. The van der Waals surface area contributed by atoms with E-state index in [4.69, 9.17) is 4.74 Å². The van der Waals surface area contributed by atoms with Gasteiger partial charge in [0.15, 0.2) is 0 Å². The van der Waals surface area contributed by atoms with E-state index >= 15 is 0 Å². The average molecular weight is 355 g/mol. The third-order valence-electron chi connectivity index (χ3n) is 3.44. The number of thioether (sulfide) groups is 1. The fourth-order valence-electron chi connectivity index (χ4n) is 2.22. The molecule has 1 amide bonds. The van der Waals surface area contributed by atoms with Crippen LogP contribution in [-0.2, 0) is 11.3 Å². The molecule has 8 heteroatoms. The molecule has 0 aliphatic rings. The van der Waals surface area contributed by atoms with Crippen molar-refractivity contribution >= 4 is 17.7 Å². The van der Waals surface area contributed by atoms with Crippen LogP contribution >= 0.6 is 11.8 Å². The lowest BCUT2D eigenvalue weighted by Crippen LogP contribution is -2.25. The number of ether oxygens (including phenoxy) is 1. The van der Waals surface area contributed by atoms with Crippen LogP contribution in [0.3, 0.4) is 0 Å². The molecule has 0 radical (unpaired) electrons. The maximum atomic E-state index is 12.1. The van der Waals surface area contributed by atoms with Crippen LogP contribution in [0, 0.1) is 0 Å². The smallest absolute Gasteiger partial charge is 0.230 e. The summed E-state index contributed by atoms with van der Waals surface area (Å²) in [7, 11) is 1.61. The van der Waals surface area contributed by atoms with Gasteiger partial charge in [0.1, 0.15) is 5.75 Å². The fraction of sp³-hybridized carbons (Fsp3) is 0.176. The Morgan fingerprint density at radius 1 is 1.16 bits per heavy atom. The van der Waals surface area contributed by atoms with Crippen molar-refractivity contribution in [2.75, 3.05) is 12.9 Å². The molecule has 0 saturated heterocycles. The number of methoxy groups -OCH3 is 1. The van der Waals surface area contributed by atoms with Crippen LogP contribution in [0.5, 0.6) is 5.75 Å². The van der Waals surface area contributed by atoms with E-state index in [0.29, 0.717) is 11.7 Å². The topological polar surface area (TPSA) is 81.9 Å². The van der Waals surface area contributed by atoms with Crippen LogP contribution in [0.15, 0.2) is 59.8 Å². The molecule has 25 heavy (non-hydrogen) atoms. The summed E-state index contributed by atoms with van der Waals surface area (Å²) < 4.78 is 6.88. The third kappa shape index (κ3) is 4.36. The van der Waals surface area contributed by atoms with E-state index in [0.717, 1.165) is 17.0 Å². The number of nitrogens with zero attached hydrogens (tertiary/aromatic N) is 4. The molecule has 1 N–H and O–H groups in total. The predicted octanol–water partition coefficient (Wildman–Crippen LogP) is 2.08. The minimum Gasteiger partial charge on any atom is -0.496 e. The first-order chi connectivity index (χ1) is 12.3. The van der Waals surface area contributed by atoms with Crippen molar-refractivity contribution in [2.24, 2.45) is 0 Å².